The molecule has 0 N–H and O–H groups in total. The maximum Gasteiger partial charge on any atom is 0.239 e. The molecule has 2 bridgehead atoms. The molecule has 4 heterocycles. The summed E-state index contributed by atoms with van der Waals surface area (Å²) >= 11 is 3.53. The smallest absolute Gasteiger partial charge is 0.239 e. The van der Waals surface area contributed by atoms with E-state index in [0.717, 1.165) is 41.9 Å². The number of nitrogens with zero attached hydrogens (tertiary/aromatic N) is 3. The summed E-state index contributed by atoms with van der Waals surface area (Å²) in [4.78, 5) is 22.5. The third kappa shape index (κ3) is 2.21. The van der Waals surface area contributed by atoms with E-state index in [9.17, 15) is 4.79 Å². The molecule has 26 heavy (non-hydrogen) atoms. The van der Waals surface area contributed by atoms with Crippen molar-refractivity contribution < 1.29 is 9.53 Å². The van der Waals surface area contributed by atoms with Gasteiger partial charge in [0.15, 0.2) is 0 Å². The number of anilines is 1. The van der Waals surface area contributed by atoms with E-state index < -0.39 is 5.41 Å². The molecule has 140 valence electrons. The van der Waals surface area contributed by atoms with Crippen LogP contribution >= 0.6 is 15.9 Å². The van der Waals surface area contributed by atoms with Crippen molar-refractivity contribution in [2.45, 2.75) is 75.5 Å². The molecule has 0 spiro atoms. The average Bonchev–Trinajstić information content (AvgIpc) is 2.92. The van der Waals surface area contributed by atoms with Crippen molar-refractivity contribution in [3.05, 3.63) is 22.4 Å². The van der Waals surface area contributed by atoms with Gasteiger partial charge >= 0.3 is 0 Å². The van der Waals surface area contributed by atoms with Gasteiger partial charge in [-0.2, -0.15) is 0 Å². The van der Waals surface area contributed by atoms with Crippen molar-refractivity contribution in [2.75, 3.05) is 18.1 Å². The number of halogens is 1. The van der Waals surface area contributed by atoms with E-state index in [1.807, 2.05) is 18.7 Å². The lowest BCUT2D eigenvalue weighted by atomic mass is 9.71. The fourth-order valence-electron chi connectivity index (χ4n) is 5.83. The number of carbonyl (C=O) groups is 1. The zero-order chi connectivity index (χ0) is 18.3. The van der Waals surface area contributed by atoms with Gasteiger partial charge in [-0.15, -0.1) is 0 Å². The summed E-state index contributed by atoms with van der Waals surface area (Å²) in [6.07, 6.45) is 6.37. The monoisotopic (exact) mass is 419 g/mol. The molecule has 3 aliphatic heterocycles. The lowest BCUT2D eigenvalue weighted by Gasteiger charge is -2.58. The van der Waals surface area contributed by atoms with Crippen LogP contribution in [0.4, 0.5) is 5.69 Å². The van der Waals surface area contributed by atoms with Crippen LogP contribution in [-0.2, 0) is 14.9 Å². The van der Waals surface area contributed by atoms with Gasteiger partial charge in [-0.1, -0.05) is 0 Å². The summed E-state index contributed by atoms with van der Waals surface area (Å²) in [5.74, 6) is 0.190. The summed E-state index contributed by atoms with van der Waals surface area (Å²) in [6, 6.07) is 3.46. The van der Waals surface area contributed by atoms with Gasteiger partial charge in [0.05, 0.1) is 30.0 Å². The molecule has 2 atom stereocenters. The van der Waals surface area contributed by atoms with Crippen molar-refractivity contribution in [3.63, 3.8) is 0 Å². The molecule has 1 aromatic rings. The van der Waals surface area contributed by atoms with Crippen LogP contribution in [0, 0.1) is 0 Å². The van der Waals surface area contributed by atoms with Crippen molar-refractivity contribution in [3.8, 4) is 0 Å². The lowest BCUT2D eigenvalue weighted by molar-refractivity contribution is -0.126. The molecule has 5 nitrogen and oxygen atoms in total. The van der Waals surface area contributed by atoms with Gasteiger partial charge in [-0.05, 0) is 68.5 Å². The van der Waals surface area contributed by atoms with Crippen molar-refractivity contribution in [2.24, 2.45) is 0 Å². The second kappa shape index (κ2) is 5.52. The third-order valence-electron chi connectivity index (χ3n) is 7.02. The van der Waals surface area contributed by atoms with Crippen LogP contribution in [0.25, 0.3) is 0 Å². The molecule has 6 heteroatoms. The lowest BCUT2D eigenvalue weighted by Crippen LogP contribution is -2.67. The Morgan fingerprint density at radius 1 is 1.15 bits per heavy atom. The van der Waals surface area contributed by atoms with Crippen LogP contribution in [0.2, 0.25) is 0 Å². The van der Waals surface area contributed by atoms with E-state index in [4.69, 9.17) is 4.74 Å². The topological polar surface area (TPSA) is 45.7 Å². The predicted octanol–water partition coefficient (Wildman–Crippen LogP) is 3.25. The van der Waals surface area contributed by atoms with Crippen LogP contribution in [0.1, 0.15) is 52.1 Å². The maximum atomic E-state index is 13.2. The molecule has 1 aliphatic carbocycles. The van der Waals surface area contributed by atoms with Gasteiger partial charge in [0.2, 0.25) is 5.91 Å². The largest absolute Gasteiger partial charge is 0.378 e. The van der Waals surface area contributed by atoms with Crippen molar-refractivity contribution in [1.29, 1.82) is 0 Å². The Kier molecular flexibility index (Phi) is 3.64. The quantitative estimate of drug-likeness (QED) is 0.737. The molecule has 5 rings (SSSR count). The molecule has 2 unspecified atom stereocenters. The highest BCUT2D eigenvalue weighted by Crippen LogP contribution is 2.51. The number of amides is 1. The van der Waals surface area contributed by atoms with E-state index in [1.165, 1.54) is 12.8 Å². The van der Waals surface area contributed by atoms with Crippen LogP contribution in [0.15, 0.2) is 16.7 Å². The normalized spacial score (nSPS) is 38.4. The van der Waals surface area contributed by atoms with Gasteiger partial charge in [-0.3, -0.25) is 14.7 Å². The third-order valence-corrected chi connectivity index (χ3v) is 7.45. The Morgan fingerprint density at radius 3 is 2.46 bits per heavy atom. The molecule has 3 fully saturated rings. The number of hydrogen-bond acceptors (Lipinski definition) is 4. The van der Waals surface area contributed by atoms with E-state index >= 15 is 0 Å². The molecule has 1 saturated carbocycles. The minimum absolute atomic E-state index is 0.187. The number of morpholine rings is 1. The molecular weight excluding hydrogens is 394 g/mol. The Labute approximate surface area is 163 Å². The van der Waals surface area contributed by atoms with E-state index in [-0.39, 0.29) is 17.5 Å². The van der Waals surface area contributed by atoms with Crippen LogP contribution in [-0.4, -0.2) is 52.7 Å². The molecular formula is C20H26BrN3O2. The SMILES string of the molecule is CC1(C)C(=O)N([C@H]2C[C@@](C)(N3C4CCC3COC4)C2)c2cc(Br)cnc21. The van der Waals surface area contributed by atoms with E-state index in [0.29, 0.717) is 12.1 Å². The Bertz CT molecular complexity index is 758. The summed E-state index contributed by atoms with van der Waals surface area (Å²) in [6.45, 7) is 8.11. The van der Waals surface area contributed by atoms with Crippen LogP contribution in [0.3, 0.4) is 0 Å². The van der Waals surface area contributed by atoms with Gasteiger partial charge in [0.25, 0.3) is 0 Å². The zero-order valence-corrected chi connectivity index (χ0v) is 17.3. The van der Waals surface area contributed by atoms with Crippen molar-refractivity contribution >= 4 is 27.5 Å². The highest BCUT2D eigenvalue weighted by atomic mass is 79.9. The standard InChI is InChI=1S/C20H26BrN3O2/c1-19(2)17-16(6-12(21)9-22-17)23(18(19)25)15-7-20(3,8-15)24-13-4-5-14(24)11-26-10-13/h6,9,13-15H,4-5,7-8,10-11H2,1-3H3/t13?,14?,15-,20+. The first kappa shape index (κ1) is 17.1. The predicted molar refractivity (Wildman–Crippen MR) is 103 cm³/mol. The number of aromatic nitrogens is 1. The first-order valence-corrected chi connectivity index (χ1v) is 10.5. The summed E-state index contributed by atoms with van der Waals surface area (Å²) < 4.78 is 6.69. The van der Waals surface area contributed by atoms with Crippen LogP contribution in [0.5, 0.6) is 0 Å². The molecule has 1 amide bonds. The second-order valence-corrected chi connectivity index (χ2v) is 10.1. The summed E-state index contributed by atoms with van der Waals surface area (Å²) in [7, 11) is 0. The highest BCUT2D eigenvalue weighted by Gasteiger charge is 2.58. The average molecular weight is 420 g/mol. The molecule has 1 aromatic heterocycles. The minimum atomic E-state index is -0.542. The first-order valence-electron chi connectivity index (χ1n) is 9.67. The minimum Gasteiger partial charge on any atom is -0.378 e. The summed E-state index contributed by atoms with van der Waals surface area (Å²) in [5, 5.41) is 0. The van der Waals surface area contributed by atoms with E-state index in [2.05, 4.69) is 38.8 Å². The number of hydrogen-bond donors (Lipinski definition) is 0. The Morgan fingerprint density at radius 2 is 1.81 bits per heavy atom. The number of rotatable bonds is 2. The fraction of sp³-hybridized carbons (Fsp3) is 0.700. The number of carbonyl (C=O) groups excluding carboxylic acids is 1. The highest BCUT2D eigenvalue weighted by molar-refractivity contribution is 9.10. The van der Waals surface area contributed by atoms with Gasteiger partial charge in [-0.25, -0.2) is 0 Å². The Hall–Kier alpha value is -0.980. The maximum absolute atomic E-state index is 13.2. The van der Waals surface area contributed by atoms with Gasteiger partial charge in [0.1, 0.15) is 0 Å². The molecule has 0 radical (unpaired) electrons. The number of ether oxygens (including phenoxy) is 1. The molecule has 2 saturated heterocycles. The molecule has 0 aromatic carbocycles. The molecule has 4 aliphatic rings. The number of fused-ring (bicyclic) bond motifs is 3. The zero-order valence-electron chi connectivity index (χ0n) is 15.7. The van der Waals surface area contributed by atoms with Gasteiger partial charge in [0, 0.05) is 34.3 Å². The van der Waals surface area contributed by atoms with E-state index in [1.54, 1.807) is 6.20 Å². The number of pyridine rings is 1. The fourth-order valence-corrected chi connectivity index (χ4v) is 6.15. The van der Waals surface area contributed by atoms with Gasteiger partial charge < -0.3 is 9.64 Å². The Balaban J connectivity index is 1.41. The second-order valence-electron chi connectivity index (χ2n) is 9.21. The van der Waals surface area contributed by atoms with Crippen LogP contribution < -0.4 is 4.90 Å². The first-order chi connectivity index (χ1) is 12.3. The summed E-state index contributed by atoms with van der Waals surface area (Å²) in [5.41, 5.74) is 1.55. The van der Waals surface area contributed by atoms with Crippen molar-refractivity contribution in [1.82, 2.24) is 9.88 Å².